The van der Waals surface area contributed by atoms with Crippen LogP contribution in [0.15, 0.2) is 60.0 Å². The van der Waals surface area contributed by atoms with Crippen LogP contribution in [-0.2, 0) is 0 Å². The molecule has 0 heterocycles. The predicted octanol–water partition coefficient (Wildman–Crippen LogP) is 4.61. The summed E-state index contributed by atoms with van der Waals surface area (Å²) in [4.78, 5) is 4.43. The number of nitrogens with one attached hydrogen (secondary N) is 1. The maximum Gasteiger partial charge on any atom is 0.193 e. The first-order valence-corrected chi connectivity index (χ1v) is 8.66. The van der Waals surface area contributed by atoms with Gasteiger partial charge in [0.05, 0.1) is 0 Å². The van der Waals surface area contributed by atoms with Gasteiger partial charge in [-0.25, -0.2) is 0 Å². The first-order chi connectivity index (χ1) is 11.3. The number of rotatable bonds is 9. The molecule has 1 aliphatic carbocycles. The van der Waals surface area contributed by atoms with Crippen molar-refractivity contribution in [2.75, 3.05) is 6.54 Å². The van der Waals surface area contributed by atoms with E-state index in [1.807, 2.05) is 24.3 Å². The molecule has 0 aromatic heterocycles. The van der Waals surface area contributed by atoms with E-state index in [0.717, 1.165) is 31.0 Å². The number of hydrogen-bond donors (Lipinski definition) is 2. The molecule has 0 atom stereocenters. The second-order valence-electron chi connectivity index (χ2n) is 5.94. The van der Waals surface area contributed by atoms with Crippen LogP contribution < -0.4 is 11.1 Å². The average Bonchev–Trinajstić information content (AvgIpc) is 2.57. The van der Waals surface area contributed by atoms with Gasteiger partial charge in [-0.3, -0.25) is 4.99 Å². The molecule has 1 aliphatic rings. The summed E-state index contributed by atoms with van der Waals surface area (Å²) in [6, 6.07) is 0. The molecule has 3 heteroatoms. The molecule has 3 nitrogen and oxygen atoms in total. The molecule has 23 heavy (non-hydrogen) atoms. The van der Waals surface area contributed by atoms with Crippen LogP contribution in [0, 0.1) is 5.92 Å². The van der Waals surface area contributed by atoms with Gasteiger partial charge in [0.1, 0.15) is 0 Å². The molecule has 0 radical (unpaired) electrons. The minimum atomic E-state index is 0.469. The van der Waals surface area contributed by atoms with Crippen molar-refractivity contribution >= 4 is 5.96 Å². The van der Waals surface area contributed by atoms with Crippen LogP contribution in [0.1, 0.15) is 51.4 Å². The summed E-state index contributed by atoms with van der Waals surface area (Å²) < 4.78 is 0. The second-order valence-corrected chi connectivity index (χ2v) is 5.94. The van der Waals surface area contributed by atoms with Crippen LogP contribution in [0.3, 0.4) is 0 Å². The second kappa shape index (κ2) is 12.5. The number of nitrogens with two attached hydrogens (primary N) is 1. The molecule has 0 bridgehead atoms. The largest absolute Gasteiger partial charge is 0.370 e. The van der Waals surface area contributed by atoms with Crippen LogP contribution in [0.2, 0.25) is 0 Å². The molecular weight excluding hydrogens is 282 g/mol. The summed E-state index contributed by atoms with van der Waals surface area (Å²) in [6.07, 6.45) is 19.6. The Morgan fingerprint density at radius 1 is 1.30 bits per heavy atom. The molecule has 126 valence electrons. The molecule has 0 aliphatic heterocycles. The third-order valence-corrected chi connectivity index (χ3v) is 4.06. The Hall–Kier alpha value is -1.99. The van der Waals surface area contributed by atoms with Gasteiger partial charge >= 0.3 is 0 Å². The molecule has 3 N–H and O–H groups in total. The van der Waals surface area contributed by atoms with E-state index in [0.29, 0.717) is 5.96 Å². The summed E-state index contributed by atoms with van der Waals surface area (Å²) >= 11 is 0. The first-order valence-electron chi connectivity index (χ1n) is 8.66. The van der Waals surface area contributed by atoms with Crippen molar-refractivity contribution in [3.05, 3.63) is 55.0 Å². The lowest BCUT2D eigenvalue weighted by atomic mass is 9.86. The van der Waals surface area contributed by atoms with Crippen molar-refractivity contribution in [3.8, 4) is 0 Å². The van der Waals surface area contributed by atoms with E-state index in [1.165, 1.54) is 38.5 Å². The zero-order valence-electron chi connectivity index (χ0n) is 14.3. The van der Waals surface area contributed by atoms with Crippen molar-refractivity contribution in [1.29, 1.82) is 0 Å². The quantitative estimate of drug-likeness (QED) is 0.215. The predicted molar refractivity (Wildman–Crippen MR) is 101 cm³/mol. The lowest BCUT2D eigenvalue weighted by molar-refractivity contribution is 0.334. The van der Waals surface area contributed by atoms with Gasteiger partial charge in [-0.05, 0) is 37.3 Å². The smallest absolute Gasteiger partial charge is 0.193 e. The zero-order valence-corrected chi connectivity index (χ0v) is 14.3. The standard InChI is InChI=1S/C20H31N3/c1-3-5-8-16-19(15-6-4-2)23-20(21)22-17-11-14-18-12-9-7-10-13-18/h4-6,15-16,18H,1-2,7-14,17H2,(H3,21,22,23)/b15-6-,19-16+. The highest BCUT2D eigenvalue weighted by Gasteiger charge is 2.12. The summed E-state index contributed by atoms with van der Waals surface area (Å²) in [7, 11) is 0. The molecule has 1 fully saturated rings. The Morgan fingerprint density at radius 2 is 2.09 bits per heavy atom. The fraction of sp³-hybridized carbons (Fsp3) is 0.500. The highest BCUT2D eigenvalue weighted by atomic mass is 15.1. The highest BCUT2D eigenvalue weighted by Crippen LogP contribution is 2.27. The van der Waals surface area contributed by atoms with E-state index < -0.39 is 0 Å². The van der Waals surface area contributed by atoms with Gasteiger partial charge in [0.25, 0.3) is 0 Å². The summed E-state index contributed by atoms with van der Waals surface area (Å²) in [5.41, 5.74) is 9.63. The Morgan fingerprint density at radius 3 is 2.78 bits per heavy atom. The zero-order chi connectivity index (χ0) is 16.8. The van der Waals surface area contributed by atoms with Gasteiger partial charge in [-0.2, -0.15) is 0 Å². The van der Waals surface area contributed by atoms with E-state index in [1.54, 1.807) is 6.08 Å². The van der Waals surface area contributed by atoms with Crippen molar-refractivity contribution in [1.82, 2.24) is 5.32 Å². The van der Waals surface area contributed by atoms with Crippen molar-refractivity contribution in [2.45, 2.75) is 51.4 Å². The average molecular weight is 313 g/mol. The van der Waals surface area contributed by atoms with E-state index in [4.69, 9.17) is 5.73 Å². The Labute approximate surface area is 141 Å². The molecule has 0 aromatic rings. The van der Waals surface area contributed by atoms with Crippen LogP contribution in [0.4, 0.5) is 0 Å². The van der Waals surface area contributed by atoms with Crippen LogP contribution in [0.25, 0.3) is 0 Å². The minimum Gasteiger partial charge on any atom is -0.370 e. The van der Waals surface area contributed by atoms with Crippen LogP contribution in [0.5, 0.6) is 0 Å². The van der Waals surface area contributed by atoms with Crippen molar-refractivity contribution in [3.63, 3.8) is 0 Å². The normalized spacial score (nSPS) is 17.0. The third kappa shape index (κ3) is 9.59. The fourth-order valence-electron chi connectivity index (χ4n) is 2.84. The lowest BCUT2D eigenvalue weighted by Gasteiger charge is -2.20. The van der Waals surface area contributed by atoms with Crippen LogP contribution in [-0.4, -0.2) is 12.5 Å². The molecule has 0 amide bonds. The SMILES string of the molecule is C=C=CC/C=C(\C=C/C=C)N/C(N)=N/CCCC1CCCCC1. The Bertz CT molecular complexity index is 473. The molecule has 0 spiro atoms. The highest BCUT2D eigenvalue weighted by molar-refractivity contribution is 5.80. The number of guanidine groups is 1. The number of hydrogen-bond acceptors (Lipinski definition) is 1. The number of allylic oxidation sites excluding steroid dienone is 5. The number of aliphatic imine (C=N–C) groups is 1. The van der Waals surface area contributed by atoms with Gasteiger partial charge in [0, 0.05) is 12.2 Å². The van der Waals surface area contributed by atoms with Gasteiger partial charge in [-0.15, -0.1) is 5.73 Å². The maximum absolute atomic E-state index is 5.97. The molecule has 0 saturated heterocycles. The van der Waals surface area contributed by atoms with Gasteiger partial charge in [0.2, 0.25) is 0 Å². The lowest BCUT2D eigenvalue weighted by Crippen LogP contribution is -2.30. The third-order valence-electron chi connectivity index (χ3n) is 4.06. The monoisotopic (exact) mass is 313 g/mol. The van der Waals surface area contributed by atoms with Crippen molar-refractivity contribution < 1.29 is 0 Å². The summed E-state index contributed by atoms with van der Waals surface area (Å²) in [5, 5.41) is 3.14. The number of nitrogens with zero attached hydrogens (tertiary/aromatic N) is 1. The van der Waals surface area contributed by atoms with Gasteiger partial charge < -0.3 is 11.1 Å². The molecule has 0 unspecified atom stereocenters. The topological polar surface area (TPSA) is 50.4 Å². The van der Waals surface area contributed by atoms with Crippen molar-refractivity contribution in [2.24, 2.45) is 16.6 Å². The Kier molecular flexibility index (Phi) is 10.4. The molecule has 1 rings (SSSR count). The maximum atomic E-state index is 5.97. The van der Waals surface area contributed by atoms with E-state index in [2.05, 4.69) is 29.2 Å². The molecule has 1 saturated carbocycles. The summed E-state index contributed by atoms with van der Waals surface area (Å²) in [6.45, 7) is 8.03. The van der Waals surface area contributed by atoms with Gasteiger partial charge in [-0.1, -0.05) is 63.5 Å². The molecule has 0 aromatic carbocycles. The van der Waals surface area contributed by atoms with E-state index in [9.17, 15) is 0 Å². The summed E-state index contributed by atoms with van der Waals surface area (Å²) in [5.74, 6) is 1.38. The van der Waals surface area contributed by atoms with E-state index >= 15 is 0 Å². The van der Waals surface area contributed by atoms with Gasteiger partial charge in [0.15, 0.2) is 5.96 Å². The fourth-order valence-corrected chi connectivity index (χ4v) is 2.84. The molecular formula is C20H31N3. The Balaban J connectivity index is 2.38. The first kappa shape index (κ1) is 19.1. The van der Waals surface area contributed by atoms with Crippen LogP contribution >= 0.6 is 0 Å². The van der Waals surface area contributed by atoms with E-state index in [-0.39, 0.29) is 0 Å². The minimum absolute atomic E-state index is 0.469.